The summed E-state index contributed by atoms with van der Waals surface area (Å²) in [6.45, 7) is 7.73. The minimum atomic E-state index is -0.914. The molecule has 2 amide bonds. The average Bonchev–Trinajstić information content (AvgIpc) is 2.23. The van der Waals surface area contributed by atoms with Gasteiger partial charge >= 0.3 is 12.1 Å². The van der Waals surface area contributed by atoms with Crippen molar-refractivity contribution in [2.24, 2.45) is 0 Å². The van der Waals surface area contributed by atoms with Gasteiger partial charge in [0.05, 0.1) is 0 Å². The van der Waals surface area contributed by atoms with E-state index in [-0.39, 0.29) is 18.8 Å². The maximum atomic E-state index is 10.9. The molecule has 0 fully saturated rings. The lowest BCUT2D eigenvalue weighted by Gasteiger charge is -2.05. The van der Waals surface area contributed by atoms with Crippen LogP contribution in [0.2, 0.25) is 0 Å². The third kappa shape index (κ3) is 6.36. The van der Waals surface area contributed by atoms with Gasteiger partial charge in [-0.1, -0.05) is 13.2 Å². The fourth-order valence-electron chi connectivity index (χ4n) is 0.571. The number of ether oxygens (including phenoxy) is 2. The topological polar surface area (TPSA) is 81.7 Å². The van der Waals surface area contributed by atoms with E-state index in [9.17, 15) is 14.4 Å². The number of hydrogen-bond acceptors (Lipinski definition) is 5. The molecule has 88 valence electrons. The number of carbonyl (C=O) groups is 3. The molecule has 0 bridgehead atoms. The first-order chi connectivity index (χ1) is 7.47. The van der Waals surface area contributed by atoms with Crippen molar-refractivity contribution < 1.29 is 23.9 Å². The predicted molar refractivity (Wildman–Crippen MR) is 55.5 cm³/mol. The molecule has 1 N–H and O–H groups in total. The maximum absolute atomic E-state index is 10.9. The number of alkyl carbamates (subject to hydrolysis) is 1. The summed E-state index contributed by atoms with van der Waals surface area (Å²) in [4.78, 5) is 32.4. The van der Waals surface area contributed by atoms with E-state index in [0.717, 1.165) is 6.08 Å². The Morgan fingerprint density at radius 3 is 2.31 bits per heavy atom. The highest BCUT2D eigenvalue weighted by molar-refractivity contribution is 6.01. The van der Waals surface area contributed by atoms with Gasteiger partial charge in [0.2, 0.25) is 0 Å². The van der Waals surface area contributed by atoms with Crippen LogP contribution in [0.3, 0.4) is 0 Å². The lowest BCUT2D eigenvalue weighted by molar-refractivity contribution is -0.138. The Balaban J connectivity index is 3.66. The van der Waals surface area contributed by atoms with Gasteiger partial charge < -0.3 is 9.47 Å². The van der Waals surface area contributed by atoms with E-state index in [1.807, 2.05) is 5.32 Å². The first kappa shape index (κ1) is 13.9. The van der Waals surface area contributed by atoms with Gasteiger partial charge in [-0.25, -0.2) is 9.59 Å². The second-order valence-electron chi connectivity index (χ2n) is 2.74. The van der Waals surface area contributed by atoms with Crippen molar-refractivity contribution in [2.45, 2.75) is 6.92 Å². The highest BCUT2D eigenvalue weighted by Gasteiger charge is 2.08. The molecule has 0 aliphatic carbocycles. The van der Waals surface area contributed by atoms with Crippen LogP contribution in [-0.4, -0.2) is 31.2 Å². The molecule has 0 aliphatic heterocycles. The van der Waals surface area contributed by atoms with Gasteiger partial charge in [0.1, 0.15) is 13.2 Å². The molecule has 0 aromatic carbocycles. The largest absolute Gasteiger partial charge is 0.459 e. The average molecular weight is 227 g/mol. The third-order valence-corrected chi connectivity index (χ3v) is 1.33. The van der Waals surface area contributed by atoms with Crippen LogP contribution in [0.25, 0.3) is 0 Å². The fraction of sp³-hybridized carbons (Fsp3) is 0.300. The molecular weight excluding hydrogens is 214 g/mol. The van der Waals surface area contributed by atoms with E-state index < -0.39 is 18.0 Å². The minimum Gasteiger partial charge on any atom is -0.459 e. The van der Waals surface area contributed by atoms with E-state index in [0.29, 0.717) is 0 Å². The molecule has 0 atom stereocenters. The number of carbonyl (C=O) groups excluding carboxylic acids is 3. The molecule has 0 unspecified atom stereocenters. The van der Waals surface area contributed by atoms with Gasteiger partial charge in [0.25, 0.3) is 5.91 Å². The van der Waals surface area contributed by atoms with Gasteiger partial charge in [-0.15, -0.1) is 0 Å². The van der Waals surface area contributed by atoms with Crippen LogP contribution in [0.15, 0.2) is 24.8 Å². The Labute approximate surface area is 92.9 Å². The second kappa shape index (κ2) is 7.22. The molecule has 0 spiro atoms. The third-order valence-electron chi connectivity index (χ3n) is 1.33. The Kier molecular flexibility index (Phi) is 6.27. The molecule has 0 saturated carbocycles. The summed E-state index contributed by atoms with van der Waals surface area (Å²) in [7, 11) is 0. The number of esters is 1. The highest BCUT2D eigenvalue weighted by atomic mass is 16.6. The molecule has 0 heterocycles. The number of imide groups is 1. The molecule has 0 aromatic heterocycles. The van der Waals surface area contributed by atoms with Crippen molar-refractivity contribution in [3.8, 4) is 0 Å². The monoisotopic (exact) mass is 227 g/mol. The zero-order valence-corrected chi connectivity index (χ0v) is 8.95. The normalized spacial score (nSPS) is 8.81. The Morgan fingerprint density at radius 1 is 1.25 bits per heavy atom. The van der Waals surface area contributed by atoms with Crippen LogP contribution < -0.4 is 5.32 Å². The molecule has 6 heteroatoms. The first-order valence-corrected chi connectivity index (χ1v) is 4.40. The van der Waals surface area contributed by atoms with E-state index in [2.05, 4.69) is 22.6 Å². The van der Waals surface area contributed by atoms with Crippen LogP contribution in [0.1, 0.15) is 6.92 Å². The lowest BCUT2D eigenvalue weighted by atomic mass is 10.3. The molecule has 0 aliphatic rings. The molecule has 6 nitrogen and oxygen atoms in total. The van der Waals surface area contributed by atoms with E-state index in [1.54, 1.807) is 0 Å². The Hall–Kier alpha value is -2.11. The van der Waals surface area contributed by atoms with E-state index in [1.165, 1.54) is 6.92 Å². The van der Waals surface area contributed by atoms with Crippen LogP contribution in [-0.2, 0) is 19.1 Å². The summed E-state index contributed by atoms with van der Waals surface area (Å²) in [6, 6.07) is 0. The summed E-state index contributed by atoms with van der Waals surface area (Å²) in [5.41, 5.74) is 0.190. The summed E-state index contributed by atoms with van der Waals surface area (Å²) in [5.74, 6) is -1.23. The molecule has 16 heavy (non-hydrogen) atoms. The summed E-state index contributed by atoms with van der Waals surface area (Å²) >= 11 is 0. The summed E-state index contributed by atoms with van der Waals surface area (Å²) in [5, 5.41) is 1.92. The SMILES string of the molecule is C=CC(=O)OCCOC(=O)NC(=O)C(=C)C. The predicted octanol–water partition coefficient (Wildman–Crippen LogP) is 0.544. The van der Waals surface area contributed by atoms with Crippen molar-refractivity contribution in [1.82, 2.24) is 5.32 Å². The van der Waals surface area contributed by atoms with Gasteiger partial charge in [0.15, 0.2) is 0 Å². The number of rotatable bonds is 5. The highest BCUT2D eigenvalue weighted by Crippen LogP contribution is 1.87. The smallest absolute Gasteiger partial charge is 0.414 e. The minimum absolute atomic E-state index is 0.0977. The molecule has 0 saturated heterocycles. The lowest BCUT2D eigenvalue weighted by Crippen LogP contribution is -2.32. The molecule has 0 radical (unpaired) electrons. The molecule has 0 rings (SSSR count). The summed E-state index contributed by atoms with van der Waals surface area (Å²) < 4.78 is 9.06. The molecular formula is C10H13NO5. The van der Waals surface area contributed by atoms with Crippen molar-refractivity contribution in [2.75, 3.05) is 13.2 Å². The van der Waals surface area contributed by atoms with Crippen LogP contribution in [0.4, 0.5) is 4.79 Å². The van der Waals surface area contributed by atoms with Gasteiger partial charge in [-0.3, -0.25) is 10.1 Å². The Bertz CT molecular complexity index is 321. The van der Waals surface area contributed by atoms with Gasteiger partial charge in [-0.2, -0.15) is 0 Å². The van der Waals surface area contributed by atoms with Gasteiger partial charge in [-0.05, 0) is 6.92 Å². The number of amides is 2. The van der Waals surface area contributed by atoms with Gasteiger partial charge in [0, 0.05) is 11.6 Å². The van der Waals surface area contributed by atoms with E-state index in [4.69, 9.17) is 0 Å². The van der Waals surface area contributed by atoms with Crippen LogP contribution in [0, 0.1) is 0 Å². The maximum Gasteiger partial charge on any atom is 0.414 e. The van der Waals surface area contributed by atoms with Crippen molar-refractivity contribution in [1.29, 1.82) is 0 Å². The fourth-order valence-corrected chi connectivity index (χ4v) is 0.571. The van der Waals surface area contributed by atoms with Crippen LogP contribution in [0.5, 0.6) is 0 Å². The summed E-state index contributed by atoms with van der Waals surface area (Å²) in [6.07, 6.45) is 0.0765. The van der Waals surface area contributed by atoms with Crippen molar-refractivity contribution in [3.05, 3.63) is 24.8 Å². The van der Waals surface area contributed by atoms with Crippen molar-refractivity contribution in [3.63, 3.8) is 0 Å². The number of nitrogens with one attached hydrogen (secondary N) is 1. The van der Waals surface area contributed by atoms with Crippen LogP contribution >= 0.6 is 0 Å². The van der Waals surface area contributed by atoms with Crippen molar-refractivity contribution >= 4 is 18.0 Å². The zero-order valence-electron chi connectivity index (χ0n) is 8.95. The Morgan fingerprint density at radius 2 is 1.81 bits per heavy atom. The first-order valence-electron chi connectivity index (χ1n) is 4.40. The quantitative estimate of drug-likeness (QED) is 0.421. The molecule has 0 aromatic rings. The van der Waals surface area contributed by atoms with E-state index >= 15 is 0 Å². The second-order valence-corrected chi connectivity index (χ2v) is 2.74. The zero-order chi connectivity index (χ0) is 12.6. The number of hydrogen-bond donors (Lipinski definition) is 1. The standard InChI is InChI=1S/C10H13NO5/c1-4-8(12)15-5-6-16-10(14)11-9(13)7(2)3/h4H,1-2,5-6H2,3H3,(H,11,13,14).